The van der Waals surface area contributed by atoms with Crippen LogP contribution >= 0.6 is 11.8 Å². The zero-order valence-electron chi connectivity index (χ0n) is 7.85. The molecule has 1 aliphatic rings. The van der Waals surface area contributed by atoms with Crippen molar-refractivity contribution in [1.82, 2.24) is 0 Å². The van der Waals surface area contributed by atoms with E-state index in [-0.39, 0.29) is 0 Å². The minimum atomic E-state index is 0.730. The van der Waals surface area contributed by atoms with Crippen LogP contribution in [0, 0.1) is 4.91 Å². The van der Waals surface area contributed by atoms with Crippen LogP contribution in [0.25, 0.3) is 0 Å². The van der Waals surface area contributed by atoms with Crippen molar-refractivity contribution in [3.05, 3.63) is 34.7 Å². The predicted molar refractivity (Wildman–Crippen MR) is 60.4 cm³/mol. The number of nitroso groups, excluding NO2 is 1. The lowest BCUT2D eigenvalue weighted by Crippen LogP contribution is -2.20. The summed E-state index contributed by atoms with van der Waals surface area (Å²) in [7, 11) is 0. The largest absolute Gasteiger partial charge is 0.229 e. The molecule has 1 heterocycles. The minimum Gasteiger partial charge on any atom is -0.229 e. The lowest BCUT2D eigenvalue weighted by atomic mass is 10.2. The monoisotopic (exact) mass is 208 g/mol. The van der Waals surface area contributed by atoms with E-state index in [2.05, 4.69) is 11.4 Å². The van der Waals surface area contributed by atoms with Crippen molar-refractivity contribution in [1.29, 1.82) is 0 Å². The molecule has 74 valence electrons. The fraction of sp³-hybridized carbons (Fsp3) is 0.400. The van der Waals surface area contributed by atoms with E-state index in [4.69, 9.17) is 0 Å². The van der Waals surface area contributed by atoms with Gasteiger partial charge in [0.1, 0.15) is 0 Å². The van der Waals surface area contributed by atoms with Gasteiger partial charge in [0.25, 0.3) is 0 Å². The number of nitrogens with zero attached hydrogens (tertiary/aromatic N) is 2. The van der Waals surface area contributed by atoms with Crippen LogP contribution in [0.4, 0.5) is 5.69 Å². The van der Waals surface area contributed by atoms with E-state index in [1.807, 2.05) is 30.0 Å². The van der Waals surface area contributed by atoms with Gasteiger partial charge in [-0.2, -0.15) is 11.8 Å². The van der Waals surface area contributed by atoms with Gasteiger partial charge in [-0.05, 0) is 23.8 Å². The van der Waals surface area contributed by atoms with Crippen LogP contribution in [-0.4, -0.2) is 12.3 Å². The highest BCUT2D eigenvalue weighted by atomic mass is 32.2. The molecule has 0 aliphatic carbocycles. The zero-order valence-corrected chi connectivity index (χ0v) is 8.67. The summed E-state index contributed by atoms with van der Waals surface area (Å²) in [6.07, 6.45) is 1.02. The summed E-state index contributed by atoms with van der Waals surface area (Å²) < 4.78 is 0. The van der Waals surface area contributed by atoms with Crippen LogP contribution in [0.1, 0.15) is 12.0 Å². The Morgan fingerprint density at radius 3 is 3.07 bits per heavy atom. The first kappa shape index (κ1) is 9.52. The Hall–Kier alpha value is -1.03. The minimum absolute atomic E-state index is 0.730. The second-order valence-electron chi connectivity index (χ2n) is 3.24. The highest BCUT2D eigenvalue weighted by Gasteiger charge is 2.13. The molecule has 1 aliphatic heterocycles. The van der Waals surface area contributed by atoms with Crippen LogP contribution in [0.3, 0.4) is 0 Å². The highest BCUT2D eigenvalue weighted by Crippen LogP contribution is 2.27. The Balaban J connectivity index is 2.35. The molecule has 0 radical (unpaired) electrons. The quantitative estimate of drug-likeness (QED) is 0.665. The Morgan fingerprint density at radius 2 is 2.21 bits per heavy atom. The van der Waals surface area contributed by atoms with Crippen LogP contribution in [0.2, 0.25) is 0 Å². The summed E-state index contributed by atoms with van der Waals surface area (Å²) in [6, 6.07) is 7.97. The molecule has 1 aromatic carbocycles. The number of hydrogen-bond acceptors (Lipinski definition) is 3. The topological polar surface area (TPSA) is 32.7 Å². The smallest absolute Gasteiger partial charge is 0.0666 e. The Bertz CT molecular complexity index is 330. The molecular formula is C10H12N2OS. The lowest BCUT2D eigenvalue weighted by Gasteiger charge is -2.21. The molecule has 2 rings (SSSR count). The maximum Gasteiger partial charge on any atom is 0.0666 e. The molecule has 4 heteroatoms. The predicted octanol–water partition coefficient (Wildman–Crippen LogP) is 2.81. The Kier molecular flexibility index (Phi) is 3.03. The van der Waals surface area contributed by atoms with E-state index in [0.717, 1.165) is 30.2 Å². The van der Waals surface area contributed by atoms with Crippen molar-refractivity contribution < 1.29 is 0 Å². The second-order valence-corrected chi connectivity index (χ2v) is 4.34. The normalized spacial score (nSPS) is 16.7. The zero-order chi connectivity index (χ0) is 9.80. The molecule has 0 bridgehead atoms. The van der Waals surface area contributed by atoms with Gasteiger partial charge in [-0.3, -0.25) is 0 Å². The fourth-order valence-electron chi connectivity index (χ4n) is 1.59. The van der Waals surface area contributed by atoms with Crippen molar-refractivity contribution in [2.45, 2.75) is 12.2 Å². The Morgan fingerprint density at radius 1 is 1.36 bits per heavy atom. The van der Waals surface area contributed by atoms with E-state index in [0.29, 0.717) is 0 Å². The fourth-order valence-corrected chi connectivity index (χ4v) is 2.53. The van der Waals surface area contributed by atoms with Crippen molar-refractivity contribution in [2.75, 3.05) is 17.3 Å². The number of thioether (sulfide) groups is 1. The van der Waals surface area contributed by atoms with Gasteiger partial charge in [0.2, 0.25) is 0 Å². The first-order valence-corrected chi connectivity index (χ1v) is 5.84. The van der Waals surface area contributed by atoms with Gasteiger partial charge in [-0.1, -0.05) is 18.2 Å². The molecule has 3 nitrogen and oxygen atoms in total. The number of anilines is 1. The number of rotatable bonds is 1. The standard InChI is InChI=1S/C10H12N2OS/c13-11-12-6-3-7-14-8-9-4-1-2-5-10(9)12/h1-2,4-5H,3,6-8H2. The number of fused-ring (bicyclic) bond motifs is 1. The average molecular weight is 208 g/mol. The van der Waals surface area contributed by atoms with Gasteiger partial charge in [0, 0.05) is 12.3 Å². The van der Waals surface area contributed by atoms with E-state index >= 15 is 0 Å². The molecular weight excluding hydrogens is 196 g/mol. The third-order valence-corrected chi connectivity index (χ3v) is 3.38. The second kappa shape index (κ2) is 4.46. The maximum absolute atomic E-state index is 10.7. The summed E-state index contributed by atoms with van der Waals surface area (Å²) in [5.41, 5.74) is 2.17. The lowest BCUT2D eigenvalue weighted by molar-refractivity contribution is 0.798. The van der Waals surface area contributed by atoms with Crippen LogP contribution in [-0.2, 0) is 5.75 Å². The number of hydrogen-bond donors (Lipinski definition) is 0. The van der Waals surface area contributed by atoms with Gasteiger partial charge >= 0.3 is 0 Å². The molecule has 0 spiro atoms. The van der Waals surface area contributed by atoms with Crippen molar-refractivity contribution in [3.63, 3.8) is 0 Å². The summed E-state index contributed by atoms with van der Waals surface area (Å²) in [6.45, 7) is 0.730. The molecule has 0 saturated heterocycles. The van der Waals surface area contributed by atoms with E-state index < -0.39 is 0 Å². The first-order chi connectivity index (χ1) is 6.92. The van der Waals surface area contributed by atoms with Gasteiger partial charge in [-0.15, -0.1) is 4.91 Å². The van der Waals surface area contributed by atoms with Gasteiger partial charge in [0.15, 0.2) is 0 Å². The van der Waals surface area contributed by atoms with Crippen LogP contribution < -0.4 is 5.01 Å². The average Bonchev–Trinajstić information content (AvgIpc) is 2.20. The van der Waals surface area contributed by atoms with Crippen molar-refractivity contribution >= 4 is 17.4 Å². The van der Waals surface area contributed by atoms with Crippen molar-refractivity contribution in [2.24, 2.45) is 5.29 Å². The van der Waals surface area contributed by atoms with E-state index in [9.17, 15) is 4.91 Å². The molecule has 0 atom stereocenters. The summed E-state index contributed by atoms with van der Waals surface area (Å²) >= 11 is 1.91. The molecule has 0 saturated carbocycles. The third-order valence-electron chi connectivity index (χ3n) is 2.28. The van der Waals surface area contributed by atoms with Crippen molar-refractivity contribution in [3.8, 4) is 0 Å². The van der Waals surface area contributed by atoms with Crippen LogP contribution in [0.5, 0.6) is 0 Å². The van der Waals surface area contributed by atoms with Gasteiger partial charge < -0.3 is 0 Å². The van der Waals surface area contributed by atoms with E-state index in [1.54, 1.807) is 5.01 Å². The molecule has 0 fully saturated rings. The molecule has 14 heavy (non-hydrogen) atoms. The SMILES string of the molecule is O=NN1CCCSCc2ccccc21. The van der Waals surface area contributed by atoms with Crippen LogP contribution in [0.15, 0.2) is 29.6 Å². The molecule has 0 unspecified atom stereocenters. The van der Waals surface area contributed by atoms with Gasteiger partial charge in [0.05, 0.1) is 11.0 Å². The van der Waals surface area contributed by atoms with Gasteiger partial charge in [-0.25, -0.2) is 5.01 Å². The highest BCUT2D eigenvalue weighted by molar-refractivity contribution is 7.98. The molecule has 0 aromatic heterocycles. The third kappa shape index (κ3) is 1.90. The maximum atomic E-state index is 10.7. The van der Waals surface area contributed by atoms with E-state index in [1.165, 1.54) is 5.56 Å². The summed E-state index contributed by atoms with van der Waals surface area (Å²) in [5.74, 6) is 2.07. The number of benzene rings is 1. The molecule has 0 N–H and O–H groups in total. The first-order valence-electron chi connectivity index (χ1n) is 4.68. The molecule has 0 amide bonds. The summed E-state index contributed by atoms with van der Waals surface area (Å²) in [4.78, 5) is 10.7. The molecule has 1 aromatic rings. The Labute approximate surface area is 87.4 Å². The number of para-hydroxylation sites is 1. The summed E-state index contributed by atoms with van der Waals surface area (Å²) in [5, 5.41) is 4.63.